The van der Waals surface area contributed by atoms with Gasteiger partial charge in [-0.15, -0.1) is 14.5 Å². The fraction of sp³-hybridized carbons (Fsp3) is 0.491. The number of nitrogens with one attached hydrogen (secondary N) is 5. The number of phenolic OH excluding ortho intramolecular Hbond substituents is 1. The van der Waals surface area contributed by atoms with E-state index in [0.29, 0.717) is 15.6 Å². The number of hydrogen-bond donors (Lipinski definition) is 12. The quantitative estimate of drug-likeness (QED) is 0.0174. The third kappa shape index (κ3) is 16.8. The van der Waals surface area contributed by atoms with Crippen LogP contribution >= 0.6 is 23.7 Å². The van der Waals surface area contributed by atoms with Gasteiger partial charge in [-0.05, 0) is 80.3 Å². The molecule has 0 saturated carbocycles. The number of piperidine rings is 1. The topological polar surface area (TPSA) is 431 Å². The monoisotopic (exact) mass is 1260 g/mol. The molecular weight excluding hydrogens is 1190 g/mol. The third-order valence-electron chi connectivity index (χ3n) is 15.3. The van der Waals surface area contributed by atoms with E-state index in [9.17, 15) is 79.8 Å². The average molecular weight is 1260 g/mol. The van der Waals surface area contributed by atoms with Crippen LogP contribution in [0.4, 0.5) is 5.69 Å². The number of carbonyl (C=O) groups excluding carboxylic acids is 7. The molecule has 13 atom stereocenters. The first kappa shape index (κ1) is 67.9. The SMILES string of the molecule is C[C@H](O)[C@@H]1NC(=O)[C@@H](NC(=O)c2ccc(-c3nnc(-c4ccc(N5CCCCC5)cc4)s3)cc2)C[C@H](O)CNC(=O)[C@@H]2[C@@H](O)[C@H](C)CN2C(=O)[C@H]([C@H](O)CC#N)NC(=O)[C@H]([C@H](O)Cc2ccc(O)c(OSOO[O-])c2)NC(=O)[C@@H]2C[C@H](O)CN2C1=O.[Na+]. The molecule has 0 radical (unpaired) electrons. The Morgan fingerprint density at radius 3 is 2.08 bits per heavy atom. The molecule has 7 amide bonds. The first-order valence-electron chi connectivity index (χ1n) is 27.6. The minimum atomic E-state index is -2.16. The van der Waals surface area contributed by atoms with E-state index >= 15 is 0 Å². The smallest absolute Gasteiger partial charge is 0.691 e. The third-order valence-corrected chi connectivity index (χ3v) is 16.7. The number of phenols is 1. The summed E-state index contributed by atoms with van der Waals surface area (Å²) in [6, 6.07) is 7.95. The fourth-order valence-electron chi connectivity index (χ4n) is 10.7. The van der Waals surface area contributed by atoms with Crippen LogP contribution in [-0.4, -0.2) is 203 Å². The van der Waals surface area contributed by atoms with Crippen molar-refractivity contribution in [3.8, 4) is 38.7 Å². The number of hydrogen-bond acceptors (Lipinski definition) is 24. The summed E-state index contributed by atoms with van der Waals surface area (Å²) in [5.74, 6) is -9.71. The molecule has 0 spiro atoms. The van der Waals surface area contributed by atoms with E-state index in [2.05, 4.69) is 63.2 Å². The van der Waals surface area contributed by atoms with Gasteiger partial charge in [0.1, 0.15) is 46.3 Å². The van der Waals surface area contributed by atoms with Crippen LogP contribution in [0, 0.1) is 17.2 Å². The van der Waals surface area contributed by atoms with E-state index in [1.165, 1.54) is 42.9 Å². The van der Waals surface area contributed by atoms with Gasteiger partial charge in [-0.25, -0.2) is 0 Å². The van der Waals surface area contributed by atoms with Crippen molar-refractivity contribution in [2.45, 2.75) is 132 Å². The van der Waals surface area contributed by atoms with Crippen LogP contribution in [0.1, 0.15) is 68.3 Å². The summed E-state index contributed by atoms with van der Waals surface area (Å²) in [7, 11) is 0. The van der Waals surface area contributed by atoms with Crippen molar-refractivity contribution in [2.24, 2.45) is 5.92 Å². The van der Waals surface area contributed by atoms with Crippen LogP contribution in [-0.2, 0) is 44.6 Å². The largest absolute Gasteiger partial charge is 1.00 e. The number of anilines is 1. The molecule has 87 heavy (non-hydrogen) atoms. The van der Waals surface area contributed by atoms with Crippen LogP contribution in [0.5, 0.6) is 11.5 Å². The van der Waals surface area contributed by atoms with Gasteiger partial charge in [0, 0.05) is 80.3 Å². The minimum absolute atomic E-state index is 0. The Hall–Kier alpha value is -6.61. The number of fused-ring (bicyclic) bond motifs is 2. The molecule has 4 fully saturated rings. The number of aromatic hydroxyl groups is 1. The average Bonchev–Trinajstić information content (AvgIpc) is 2.03. The molecule has 4 aliphatic heterocycles. The molecule has 0 unspecified atom stereocenters. The Labute approximate surface area is 528 Å². The summed E-state index contributed by atoms with van der Waals surface area (Å²) in [6.07, 6.45) is -9.64. The van der Waals surface area contributed by atoms with Crippen molar-refractivity contribution in [3.63, 3.8) is 0 Å². The molecule has 462 valence electrons. The molecule has 5 heterocycles. The second-order valence-corrected chi connectivity index (χ2v) is 23.0. The first-order valence-corrected chi connectivity index (χ1v) is 29.1. The van der Waals surface area contributed by atoms with E-state index in [0.717, 1.165) is 66.0 Å². The van der Waals surface area contributed by atoms with E-state index in [1.807, 2.05) is 12.1 Å². The molecule has 1 aromatic heterocycles. The molecule has 0 bridgehead atoms. The number of benzene rings is 3. The van der Waals surface area contributed by atoms with Gasteiger partial charge in [0.2, 0.25) is 35.4 Å². The minimum Gasteiger partial charge on any atom is -0.691 e. The molecule has 32 heteroatoms. The second kappa shape index (κ2) is 31.0. The predicted molar refractivity (Wildman–Crippen MR) is 300 cm³/mol. The molecule has 29 nitrogen and oxygen atoms in total. The Morgan fingerprint density at radius 1 is 0.805 bits per heavy atom. The summed E-state index contributed by atoms with van der Waals surface area (Å²) in [6.45, 7) is 2.96. The van der Waals surface area contributed by atoms with Crippen molar-refractivity contribution < 1.29 is 118 Å². The summed E-state index contributed by atoms with van der Waals surface area (Å²) in [5.41, 5.74) is 2.72. The van der Waals surface area contributed by atoms with Crippen molar-refractivity contribution >= 4 is 70.7 Å². The Morgan fingerprint density at radius 2 is 1.44 bits per heavy atom. The summed E-state index contributed by atoms with van der Waals surface area (Å²) in [4.78, 5) is 105. The fourth-order valence-corrected chi connectivity index (χ4v) is 11.8. The van der Waals surface area contributed by atoms with Crippen molar-refractivity contribution in [1.82, 2.24) is 46.6 Å². The zero-order valence-electron chi connectivity index (χ0n) is 47.5. The molecule has 4 aliphatic rings. The zero-order chi connectivity index (χ0) is 61.9. The number of nitrogens with zero attached hydrogens (tertiary/aromatic N) is 6. The van der Waals surface area contributed by atoms with Crippen LogP contribution in [0.25, 0.3) is 21.1 Å². The van der Waals surface area contributed by atoms with Crippen LogP contribution in [0.2, 0.25) is 0 Å². The van der Waals surface area contributed by atoms with E-state index < -0.39 is 165 Å². The Balaban J connectivity index is 0.0000108. The van der Waals surface area contributed by atoms with Gasteiger partial charge in [-0.2, -0.15) is 5.26 Å². The van der Waals surface area contributed by atoms with Gasteiger partial charge in [-0.3, -0.25) is 38.6 Å². The second-order valence-electron chi connectivity index (χ2n) is 21.5. The maximum absolute atomic E-state index is 14.6. The number of β-amino-alcohol motifs (C(OH)–C–C–N with tert-alkyl or cyclic N) is 1. The number of carbonyl (C=O) groups is 7. The molecular formula is C55H66N11NaO18S2. The number of nitriles is 1. The molecule has 0 aliphatic carbocycles. The molecule has 12 N–H and O–H groups in total. The standard InChI is InChI=1S/C55H67N11O18S2.Na/c1-27-25-66-45(46(27)73)51(78)57-24-34(68)22-36(58-47(74)30-7-9-31(10-8-30)52-62-63-53(85-52)32-11-13-33(14-12-32)64-18-4-3-5-19-64)48(75)59-42(28(2)67)54(79)65-26-35(69)23-37(65)49(76)60-43(50(77)61-44(55(66)80)39(71)16-17-56)40(72)20-29-6-15-38(70)41(21-29)82-86-84-83-81;/h6-15,21,27-28,34-37,39-40,42-46,67-73,81H,3-5,16,18-20,22-26H2,1-2H3,(H,57,78)(H,58,74)(H,59,75)(H,60,76)(H,61,77);/q;+1/p-1/t27-,28+,34+,35+,36+,37+,39-,40-,42+,43+,44+,45+,46+;/m1./s1. The van der Waals surface area contributed by atoms with E-state index in [1.54, 1.807) is 18.2 Å². The normalized spacial score (nSPS) is 26.3. The van der Waals surface area contributed by atoms with Gasteiger partial charge >= 0.3 is 29.6 Å². The zero-order valence-corrected chi connectivity index (χ0v) is 51.1. The number of aliphatic hydroxyl groups excluding tert-OH is 6. The molecule has 4 aromatic rings. The predicted octanol–water partition coefficient (Wildman–Crippen LogP) is -5.40. The van der Waals surface area contributed by atoms with Gasteiger partial charge in [0.05, 0.1) is 49.1 Å². The maximum Gasteiger partial charge on any atom is 1.00 e. The van der Waals surface area contributed by atoms with Crippen molar-refractivity contribution in [1.29, 1.82) is 5.26 Å². The first-order chi connectivity index (χ1) is 41.1. The summed E-state index contributed by atoms with van der Waals surface area (Å²) < 4.78 is 9.15. The number of amides is 7. The van der Waals surface area contributed by atoms with Gasteiger partial charge < -0.3 is 86.5 Å². The van der Waals surface area contributed by atoms with E-state index in [4.69, 9.17) is 4.18 Å². The molecule has 4 saturated heterocycles. The van der Waals surface area contributed by atoms with Crippen LogP contribution in [0.3, 0.4) is 0 Å². The number of aromatic nitrogens is 2. The van der Waals surface area contributed by atoms with Crippen molar-refractivity contribution in [3.05, 3.63) is 77.9 Å². The summed E-state index contributed by atoms with van der Waals surface area (Å²) >= 11 is 1.34. The number of aliphatic hydroxyl groups is 6. The van der Waals surface area contributed by atoms with Gasteiger partial charge in [0.25, 0.3) is 18.2 Å². The molecule has 3 aromatic carbocycles. The van der Waals surface area contributed by atoms with E-state index in [-0.39, 0.29) is 65.3 Å². The Bertz CT molecular complexity index is 3120. The van der Waals surface area contributed by atoms with Crippen molar-refractivity contribution in [2.75, 3.05) is 37.6 Å². The summed E-state index contributed by atoms with van der Waals surface area (Å²) in [5, 5.41) is 124. The number of rotatable bonds is 15. The van der Waals surface area contributed by atoms with Crippen LogP contribution < -0.4 is 70.5 Å². The Kier molecular flexibility index (Phi) is 24.2. The van der Waals surface area contributed by atoms with Crippen LogP contribution in [0.15, 0.2) is 66.7 Å². The van der Waals surface area contributed by atoms with Gasteiger partial charge in [0.15, 0.2) is 11.5 Å². The van der Waals surface area contributed by atoms with Gasteiger partial charge in [-0.1, -0.05) is 36.5 Å². The molecule has 8 rings (SSSR count). The maximum atomic E-state index is 14.6.